The van der Waals surface area contributed by atoms with Gasteiger partial charge in [0.25, 0.3) is 0 Å². The predicted octanol–water partition coefficient (Wildman–Crippen LogP) is 1.41. The molecule has 0 aliphatic heterocycles. The molecule has 0 aromatic rings. The molecule has 0 amide bonds. The molecule has 0 radical (unpaired) electrons. The summed E-state index contributed by atoms with van der Waals surface area (Å²) < 4.78 is 10.7. The molecule has 1 saturated carbocycles. The molecule has 0 saturated heterocycles. The maximum absolute atomic E-state index is 11.0. The van der Waals surface area contributed by atoms with Crippen LogP contribution in [0, 0.1) is 0 Å². The lowest BCUT2D eigenvalue weighted by atomic mass is 10.2. The van der Waals surface area contributed by atoms with Gasteiger partial charge >= 0.3 is 5.97 Å². The fourth-order valence-corrected chi connectivity index (χ4v) is 1.58. The summed E-state index contributed by atoms with van der Waals surface area (Å²) in [6.07, 6.45) is 4.91. The molecule has 1 aliphatic rings. The Balaban J connectivity index is 1.92. The zero-order valence-electron chi connectivity index (χ0n) is 11.2. The number of carboxylic acid groups (broad SMARTS) is 1. The van der Waals surface area contributed by atoms with Crippen LogP contribution in [0.15, 0.2) is 0 Å². The molecule has 2 N–H and O–H groups in total. The first kappa shape index (κ1) is 15.4. The van der Waals surface area contributed by atoms with Crippen LogP contribution in [0.25, 0.3) is 0 Å². The smallest absolute Gasteiger partial charge is 0.320 e. The van der Waals surface area contributed by atoms with Crippen molar-refractivity contribution in [3.05, 3.63) is 0 Å². The second-order valence-electron chi connectivity index (χ2n) is 4.70. The number of nitrogens with one attached hydrogen (secondary N) is 1. The zero-order valence-corrected chi connectivity index (χ0v) is 11.2. The molecular formula is C13H25NO4. The van der Waals surface area contributed by atoms with Crippen LogP contribution in [0.5, 0.6) is 0 Å². The first-order chi connectivity index (χ1) is 8.74. The molecule has 0 spiro atoms. The lowest BCUT2D eigenvalue weighted by Gasteiger charge is -2.13. The van der Waals surface area contributed by atoms with Gasteiger partial charge < -0.3 is 19.9 Å². The third kappa shape index (κ3) is 7.63. The van der Waals surface area contributed by atoms with Gasteiger partial charge in [-0.2, -0.15) is 0 Å². The normalized spacial score (nSPS) is 16.7. The molecule has 0 heterocycles. The lowest BCUT2D eigenvalue weighted by molar-refractivity contribution is -0.140. The summed E-state index contributed by atoms with van der Waals surface area (Å²) in [6.45, 7) is 4.50. The van der Waals surface area contributed by atoms with Crippen LogP contribution >= 0.6 is 0 Å². The molecule has 5 heteroatoms. The number of carboxylic acids is 1. The van der Waals surface area contributed by atoms with Crippen LogP contribution in [-0.4, -0.2) is 49.6 Å². The van der Waals surface area contributed by atoms with Crippen molar-refractivity contribution in [2.75, 3.05) is 26.4 Å². The Morgan fingerprint density at radius 3 is 2.50 bits per heavy atom. The van der Waals surface area contributed by atoms with Gasteiger partial charge in [-0.05, 0) is 25.7 Å². The molecule has 106 valence electrons. The van der Waals surface area contributed by atoms with Gasteiger partial charge in [0.1, 0.15) is 6.04 Å². The van der Waals surface area contributed by atoms with Gasteiger partial charge in [-0.25, -0.2) is 0 Å². The van der Waals surface area contributed by atoms with E-state index >= 15 is 0 Å². The SMILES string of the molecule is CCCCOCCOCCC(NC1CC1)C(=O)O. The van der Waals surface area contributed by atoms with Gasteiger partial charge in [-0.3, -0.25) is 4.79 Å². The van der Waals surface area contributed by atoms with Crippen molar-refractivity contribution in [3.8, 4) is 0 Å². The van der Waals surface area contributed by atoms with E-state index in [4.69, 9.17) is 14.6 Å². The average Bonchev–Trinajstić information content (AvgIpc) is 3.14. The van der Waals surface area contributed by atoms with E-state index in [1.165, 1.54) is 0 Å². The Morgan fingerprint density at radius 1 is 1.28 bits per heavy atom. The van der Waals surface area contributed by atoms with Crippen LogP contribution < -0.4 is 5.32 Å². The Labute approximate surface area is 109 Å². The Hall–Kier alpha value is -0.650. The monoisotopic (exact) mass is 259 g/mol. The largest absolute Gasteiger partial charge is 0.480 e. The zero-order chi connectivity index (χ0) is 13.2. The van der Waals surface area contributed by atoms with Crippen molar-refractivity contribution in [2.24, 2.45) is 0 Å². The average molecular weight is 259 g/mol. The molecule has 5 nitrogen and oxygen atoms in total. The molecule has 1 atom stereocenters. The van der Waals surface area contributed by atoms with Crippen LogP contribution in [0.2, 0.25) is 0 Å². The van der Waals surface area contributed by atoms with Crippen LogP contribution in [0.4, 0.5) is 0 Å². The molecule has 0 aromatic heterocycles. The van der Waals surface area contributed by atoms with Crippen molar-refractivity contribution in [1.82, 2.24) is 5.32 Å². The van der Waals surface area contributed by atoms with Crippen molar-refractivity contribution in [3.63, 3.8) is 0 Å². The van der Waals surface area contributed by atoms with Crippen molar-refractivity contribution in [2.45, 2.75) is 51.1 Å². The first-order valence-corrected chi connectivity index (χ1v) is 6.88. The second-order valence-corrected chi connectivity index (χ2v) is 4.70. The van der Waals surface area contributed by atoms with E-state index in [9.17, 15) is 4.79 Å². The summed E-state index contributed by atoms with van der Waals surface area (Å²) in [5.74, 6) is -0.787. The fraction of sp³-hybridized carbons (Fsp3) is 0.923. The number of ether oxygens (including phenoxy) is 2. The first-order valence-electron chi connectivity index (χ1n) is 6.88. The van der Waals surface area contributed by atoms with Gasteiger partial charge in [0.05, 0.1) is 13.2 Å². The number of rotatable bonds is 12. The number of aliphatic carboxylic acids is 1. The highest BCUT2D eigenvalue weighted by atomic mass is 16.5. The predicted molar refractivity (Wildman–Crippen MR) is 68.7 cm³/mol. The van der Waals surface area contributed by atoms with Crippen LogP contribution in [0.3, 0.4) is 0 Å². The Kier molecular flexibility index (Phi) is 7.96. The second kappa shape index (κ2) is 9.30. The van der Waals surface area contributed by atoms with E-state index in [0.717, 1.165) is 32.3 Å². The summed E-state index contributed by atoms with van der Waals surface area (Å²) >= 11 is 0. The molecular weight excluding hydrogens is 234 g/mol. The van der Waals surface area contributed by atoms with Gasteiger partial charge in [0.15, 0.2) is 0 Å². The summed E-state index contributed by atoms with van der Waals surface area (Å²) in [4.78, 5) is 11.0. The highest BCUT2D eigenvalue weighted by Gasteiger charge is 2.27. The summed E-state index contributed by atoms with van der Waals surface area (Å²) in [5.41, 5.74) is 0. The molecule has 0 aromatic carbocycles. The molecule has 1 rings (SSSR count). The number of hydrogen-bond donors (Lipinski definition) is 2. The van der Waals surface area contributed by atoms with Gasteiger partial charge in [-0.15, -0.1) is 0 Å². The fourth-order valence-electron chi connectivity index (χ4n) is 1.58. The molecule has 0 bridgehead atoms. The highest BCUT2D eigenvalue weighted by Crippen LogP contribution is 2.19. The summed E-state index contributed by atoms with van der Waals surface area (Å²) in [6, 6.07) is -0.0676. The maximum atomic E-state index is 11.0. The summed E-state index contributed by atoms with van der Waals surface area (Å²) in [5, 5.41) is 12.1. The minimum atomic E-state index is -0.787. The minimum Gasteiger partial charge on any atom is -0.480 e. The molecule has 1 fully saturated rings. The van der Waals surface area contributed by atoms with E-state index in [1.54, 1.807) is 0 Å². The third-order valence-electron chi connectivity index (χ3n) is 2.88. The highest BCUT2D eigenvalue weighted by molar-refractivity contribution is 5.73. The quantitative estimate of drug-likeness (QED) is 0.519. The third-order valence-corrected chi connectivity index (χ3v) is 2.88. The van der Waals surface area contributed by atoms with E-state index in [-0.39, 0.29) is 0 Å². The summed E-state index contributed by atoms with van der Waals surface area (Å²) in [7, 11) is 0. The lowest BCUT2D eigenvalue weighted by Crippen LogP contribution is -2.39. The van der Waals surface area contributed by atoms with E-state index in [1.807, 2.05) is 0 Å². The molecule has 1 unspecified atom stereocenters. The van der Waals surface area contributed by atoms with Crippen molar-refractivity contribution >= 4 is 5.97 Å². The van der Waals surface area contributed by atoms with E-state index in [2.05, 4.69) is 12.2 Å². The van der Waals surface area contributed by atoms with Crippen LogP contribution in [0.1, 0.15) is 39.0 Å². The van der Waals surface area contributed by atoms with E-state index < -0.39 is 12.0 Å². The number of unbranched alkanes of at least 4 members (excludes halogenated alkanes) is 1. The minimum absolute atomic E-state index is 0.406. The van der Waals surface area contributed by atoms with Crippen LogP contribution in [-0.2, 0) is 14.3 Å². The topological polar surface area (TPSA) is 67.8 Å². The van der Waals surface area contributed by atoms with E-state index in [0.29, 0.717) is 32.3 Å². The maximum Gasteiger partial charge on any atom is 0.320 e. The van der Waals surface area contributed by atoms with Gasteiger partial charge in [-0.1, -0.05) is 13.3 Å². The number of hydrogen-bond acceptors (Lipinski definition) is 4. The standard InChI is InChI=1S/C13H25NO4/c1-2-3-7-17-9-10-18-8-6-12(13(15)16)14-11-4-5-11/h11-12,14H,2-10H2,1H3,(H,15,16). The Bertz CT molecular complexity index is 231. The number of carbonyl (C=O) groups is 1. The molecule has 18 heavy (non-hydrogen) atoms. The van der Waals surface area contributed by atoms with Crippen molar-refractivity contribution in [1.29, 1.82) is 0 Å². The van der Waals surface area contributed by atoms with Crippen molar-refractivity contribution < 1.29 is 19.4 Å². The van der Waals surface area contributed by atoms with Gasteiger partial charge in [0.2, 0.25) is 0 Å². The molecule has 1 aliphatic carbocycles. The Morgan fingerprint density at radius 2 is 1.94 bits per heavy atom. The van der Waals surface area contributed by atoms with Gasteiger partial charge in [0, 0.05) is 19.3 Å².